The molecular weight excluding hydrogens is 248 g/mol. The molecular formula is C16H20N4. The highest BCUT2D eigenvalue weighted by Crippen LogP contribution is 2.19. The molecule has 0 amide bonds. The van der Waals surface area contributed by atoms with Crippen molar-refractivity contribution in [2.24, 2.45) is 0 Å². The van der Waals surface area contributed by atoms with Crippen molar-refractivity contribution in [3.63, 3.8) is 0 Å². The van der Waals surface area contributed by atoms with Crippen molar-refractivity contribution in [2.45, 2.75) is 25.8 Å². The molecule has 1 aliphatic rings. The van der Waals surface area contributed by atoms with Gasteiger partial charge in [-0.1, -0.05) is 23.8 Å². The van der Waals surface area contributed by atoms with Gasteiger partial charge in [-0.25, -0.2) is 0 Å². The van der Waals surface area contributed by atoms with Gasteiger partial charge < -0.3 is 10.6 Å². The molecule has 2 N–H and O–H groups in total. The van der Waals surface area contributed by atoms with Gasteiger partial charge in [0.1, 0.15) is 5.82 Å². The standard InChI is InChI=1S/C16H20N4/c1-12-3-2-4-13(11-12)15-5-6-16(20-19-15)18-14-7-9-17-10-8-14/h2-6,11,14,17H,7-10H2,1H3,(H,18,20). The second-order valence-electron chi connectivity index (χ2n) is 5.34. The molecule has 0 saturated carbocycles. The normalized spacial score (nSPS) is 16.1. The molecule has 2 aromatic rings. The molecule has 0 aliphatic carbocycles. The van der Waals surface area contributed by atoms with Crippen LogP contribution in [-0.2, 0) is 0 Å². The number of benzene rings is 1. The molecule has 0 atom stereocenters. The summed E-state index contributed by atoms with van der Waals surface area (Å²) in [6, 6.07) is 12.9. The van der Waals surface area contributed by atoms with Crippen molar-refractivity contribution >= 4 is 5.82 Å². The maximum absolute atomic E-state index is 4.33. The highest BCUT2D eigenvalue weighted by Gasteiger charge is 2.13. The molecule has 0 unspecified atom stereocenters. The molecule has 1 aliphatic heterocycles. The minimum absolute atomic E-state index is 0.510. The van der Waals surface area contributed by atoms with E-state index >= 15 is 0 Å². The fraction of sp³-hybridized carbons (Fsp3) is 0.375. The summed E-state index contributed by atoms with van der Waals surface area (Å²) in [5.74, 6) is 0.869. The van der Waals surface area contributed by atoms with Crippen LogP contribution in [0.2, 0.25) is 0 Å². The van der Waals surface area contributed by atoms with Gasteiger partial charge in [-0.15, -0.1) is 10.2 Å². The van der Waals surface area contributed by atoms with Crippen molar-refractivity contribution in [3.8, 4) is 11.3 Å². The number of nitrogens with one attached hydrogen (secondary N) is 2. The first kappa shape index (κ1) is 13.1. The Morgan fingerprint density at radius 1 is 1.10 bits per heavy atom. The lowest BCUT2D eigenvalue weighted by atomic mass is 10.1. The smallest absolute Gasteiger partial charge is 0.148 e. The average Bonchev–Trinajstić information content (AvgIpc) is 2.49. The van der Waals surface area contributed by atoms with E-state index in [2.05, 4.69) is 46.0 Å². The molecule has 0 spiro atoms. The monoisotopic (exact) mass is 268 g/mol. The van der Waals surface area contributed by atoms with Crippen LogP contribution in [0.5, 0.6) is 0 Å². The van der Waals surface area contributed by atoms with Crippen molar-refractivity contribution in [3.05, 3.63) is 42.0 Å². The minimum Gasteiger partial charge on any atom is -0.366 e. The molecule has 1 aromatic heterocycles. The van der Waals surface area contributed by atoms with E-state index < -0.39 is 0 Å². The summed E-state index contributed by atoms with van der Waals surface area (Å²) in [5, 5.41) is 15.4. The van der Waals surface area contributed by atoms with Crippen LogP contribution in [0, 0.1) is 6.92 Å². The molecule has 4 nitrogen and oxygen atoms in total. The lowest BCUT2D eigenvalue weighted by Crippen LogP contribution is -2.35. The number of aromatic nitrogens is 2. The zero-order valence-electron chi connectivity index (χ0n) is 11.8. The van der Waals surface area contributed by atoms with E-state index in [1.54, 1.807) is 0 Å². The SMILES string of the molecule is Cc1cccc(-c2ccc(NC3CCNCC3)nn2)c1. The average molecular weight is 268 g/mol. The third-order valence-corrected chi connectivity index (χ3v) is 3.67. The van der Waals surface area contributed by atoms with Crippen LogP contribution in [0.25, 0.3) is 11.3 Å². The first-order valence-corrected chi connectivity index (χ1v) is 7.19. The molecule has 2 heterocycles. The summed E-state index contributed by atoms with van der Waals surface area (Å²) in [7, 11) is 0. The molecule has 1 aromatic carbocycles. The maximum atomic E-state index is 4.33. The van der Waals surface area contributed by atoms with Crippen LogP contribution in [0.1, 0.15) is 18.4 Å². The van der Waals surface area contributed by atoms with Crippen molar-refractivity contribution in [2.75, 3.05) is 18.4 Å². The van der Waals surface area contributed by atoms with E-state index in [1.807, 2.05) is 18.2 Å². The summed E-state index contributed by atoms with van der Waals surface area (Å²) in [6.07, 6.45) is 2.28. The zero-order valence-corrected chi connectivity index (χ0v) is 11.8. The molecule has 104 valence electrons. The summed E-state index contributed by atoms with van der Waals surface area (Å²) in [6.45, 7) is 4.24. The zero-order chi connectivity index (χ0) is 13.8. The molecule has 20 heavy (non-hydrogen) atoms. The Bertz CT molecular complexity index is 559. The van der Waals surface area contributed by atoms with Crippen LogP contribution < -0.4 is 10.6 Å². The van der Waals surface area contributed by atoms with Crippen LogP contribution in [0.4, 0.5) is 5.82 Å². The van der Waals surface area contributed by atoms with E-state index in [0.29, 0.717) is 6.04 Å². The molecule has 1 saturated heterocycles. The number of nitrogens with zero attached hydrogens (tertiary/aromatic N) is 2. The number of hydrogen-bond acceptors (Lipinski definition) is 4. The topological polar surface area (TPSA) is 49.8 Å². The van der Waals surface area contributed by atoms with Crippen molar-refractivity contribution < 1.29 is 0 Å². The number of rotatable bonds is 3. The summed E-state index contributed by atoms with van der Waals surface area (Å²) < 4.78 is 0. The van der Waals surface area contributed by atoms with Gasteiger partial charge in [-0.3, -0.25) is 0 Å². The molecule has 4 heteroatoms. The van der Waals surface area contributed by atoms with Gasteiger partial charge in [0.2, 0.25) is 0 Å². The van der Waals surface area contributed by atoms with Crippen LogP contribution in [0.3, 0.4) is 0 Å². The Hall–Kier alpha value is -1.94. The highest BCUT2D eigenvalue weighted by atomic mass is 15.2. The van der Waals surface area contributed by atoms with Gasteiger partial charge in [0.05, 0.1) is 5.69 Å². The number of hydrogen-bond donors (Lipinski definition) is 2. The van der Waals surface area contributed by atoms with Crippen LogP contribution in [-0.4, -0.2) is 29.3 Å². The Morgan fingerprint density at radius 3 is 2.65 bits per heavy atom. The largest absolute Gasteiger partial charge is 0.366 e. The van der Waals surface area contributed by atoms with E-state index in [-0.39, 0.29) is 0 Å². The van der Waals surface area contributed by atoms with Crippen LogP contribution in [0.15, 0.2) is 36.4 Å². The van der Waals surface area contributed by atoms with E-state index in [1.165, 1.54) is 5.56 Å². The lowest BCUT2D eigenvalue weighted by Gasteiger charge is -2.23. The number of piperidine rings is 1. The fourth-order valence-electron chi connectivity index (χ4n) is 2.54. The van der Waals surface area contributed by atoms with Crippen molar-refractivity contribution in [1.29, 1.82) is 0 Å². The van der Waals surface area contributed by atoms with Crippen molar-refractivity contribution in [1.82, 2.24) is 15.5 Å². The van der Waals surface area contributed by atoms with Crippen LogP contribution >= 0.6 is 0 Å². The van der Waals surface area contributed by atoms with Gasteiger partial charge in [-0.2, -0.15) is 0 Å². The highest BCUT2D eigenvalue weighted by molar-refractivity contribution is 5.60. The summed E-state index contributed by atoms with van der Waals surface area (Å²) in [4.78, 5) is 0. The lowest BCUT2D eigenvalue weighted by molar-refractivity contribution is 0.478. The van der Waals surface area contributed by atoms with Gasteiger partial charge in [0.15, 0.2) is 0 Å². The third kappa shape index (κ3) is 3.14. The predicted molar refractivity (Wildman–Crippen MR) is 81.7 cm³/mol. The fourth-order valence-corrected chi connectivity index (χ4v) is 2.54. The Kier molecular flexibility index (Phi) is 3.92. The van der Waals surface area contributed by atoms with E-state index in [4.69, 9.17) is 0 Å². The Balaban J connectivity index is 1.71. The number of aryl methyl sites for hydroxylation is 1. The Morgan fingerprint density at radius 2 is 1.95 bits per heavy atom. The maximum Gasteiger partial charge on any atom is 0.148 e. The first-order chi connectivity index (χ1) is 9.81. The quantitative estimate of drug-likeness (QED) is 0.898. The van der Waals surface area contributed by atoms with E-state index in [0.717, 1.165) is 43.0 Å². The second kappa shape index (κ2) is 6.01. The minimum atomic E-state index is 0.510. The predicted octanol–water partition coefficient (Wildman–Crippen LogP) is 2.62. The first-order valence-electron chi connectivity index (χ1n) is 7.19. The van der Waals surface area contributed by atoms with E-state index in [9.17, 15) is 0 Å². The number of anilines is 1. The molecule has 1 fully saturated rings. The summed E-state index contributed by atoms with van der Waals surface area (Å²) in [5.41, 5.74) is 3.27. The summed E-state index contributed by atoms with van der Waals surface area (Å²) >= 11 is 0. The Labute approximate surface area is 119 Å². The second-order valence-corrected chi connectivity index (χ2v) is 5.34. The van der Waals surface area contributed by atoms with Gasteiger partial charge in [-0.05, 0) is 51.1 Å². The van der Waals surface area contributed by atoms with Gasteiger partial charge in [0, 0.05) is 11.6 Å². The molecule has 0 bridgehead atoms. The molecule has 0 radical (unpaired) electrons. The van der Waals surface area contributed by atoms with Gasteiger partial charge >= 0.3 is 0 Å². The third-order valence-electron chi connectivity index (χ3n) is 3.67. The van der Waals surface area contributed by atoms with Gasteiger partial charge in [0.25, 0.3) is 0 Å². The molecule has 3 rings (SSSR count).